The van der Waals surface area contributed by atoms with E-state index in [1.165, 1.54) is 89.0 Å². The Morgan fingerprint density at radius 2 is 1.20 bits per heavy atom. The number of carbonyl (C=O) groups is 3. The van der Waals surface area contributed by atoms with Crippen molar-refractivity contribution in [1.82, 2.24) is 9.97 Å². The molecule has 8 nitrogen and oxygen atoms in total. The van der Waals surface area contributed by atoms with Gasteiger partial charge in [-0.15, -0.1) is 0 Å². The molecule has 1 heterocycles. The lowest BCUT2D eigenvalue weighted by Gasteiger charge is -2.13. The van der Waals surface area contributed by atoms with E-state index < -0.39 is 24.0 Å². The van der Waals surface area contributed by atoms with Crippen LogP contribution in [0.3, 0.4) is 0 Å². The summed E-state index contributed by atoms with van der Waals surface area (Å²) in [5.74, 6) is -0.913. The van der Waals surface area contributed by atoms with Crippen LogP contribution >= 0.6 is 0 Å². The van der Waals surface area contributed by atoms with E-state index in [2.05, 4.69) is 16.9 Å². The molecule has 0 fully saturated rings. The summed E-state index contributed by atoms with van der Waals surface area (Å²) in [4.78, 5) is 46.1. The molecule has 0 bridgehead atoms. The quantitative estimate of drug-likeness (QED) is 0.0705. The Balaban J connectivity index is 1.40. The van der Waals surface area contributed by atoms with Gasteiger partial charge < -0.3 is 14.2 Å². The van der Waals surface area contributed by atoms with E-state index in [9.17, 15) is 14.4 Å². The molecule has 1 unspecified atom stereocenters. The molecule has 0 saturated heterocycles. The van der Waals surface area contributed by atoms with E-state index in [1.54, 1.807) is 24.3 Å². The molecule has 0 N–H and O–H groups in total. The predicted molar refractivity (Wildman–Crippen MR) is 175 cm³/mol. The number of hydrogen-bond donors (Lipinski definition) is 0. The third kappa shape index (κ3) is 12.8. The van der Waals surface area contributed by atoms with Gasteiger partial charge in [0.25, 0.3) is 0 Å². The van der Waals surface area contributed by atoms with Crippen LogP contribution < -0.4 is 4.74 Å². The fourth-order valence-corrected chi connectivity index (χ4v) is 4.74. The highest BCUT2D eigenvalue weighted by atomic mass is 16.6. The second-order valence-electron chi connectivity index (χ2n) is 11.4. The first kappa shape index (κ1) is 35.4. The Labute approximate surface area is 267 Å². The fraction of sp³-hybridized carbons (Fsp3) is 0.486. The maximum atomic E-state index is 12.7. The van der Waals surface area contributed by atoms with Crippen LogP contribution in [-0.2, 0) is 20.7 Å². The minimum atomic E-state index is -1.02. The van der Waals surface area contributed by atoms with Gasteiger partial charge in [0.15, 0.2) is 11.9 Å². The van der Waals surface area contributed by atoms with Crippen LogP contribution in [0.2, 0.25) is 0 Å². The lowest BCUT2D eigenvalue weighted by molar-refractivity contribution is -0.153. The van der Waals surface area contributed by atoms with E-state index in [4.69, 9.17) is 14.2 Å². The van der Waals surface area contributed by atoms with E-state index in [1.807, 2.05) is 19.3 Å². The van der Waals surface area contributed by atoms with Crippen LogP contribution in [0.5, 0.6) is 5.75 Å². The number of unbranched alkanes of at least 4 members (excludes halogenated alkanes) is 10. The van der Waals surface area contributed by atoms with Crippen LogP contribution in [0.4, 0.5) is 0 Å². The average Bonchev–Trinajstić information content (AvgIpc) is 3.06. The number of hydrogen-bond acceptors (Lipinski definition) is 8. The zero-order valence-electron chi connectivity index (χ0n) is 27.1. The zero-order chi connectivity index (χ0) is 32.3. The topological polar surface area (TPSA) is 105 Å². The molecule has 242 valence electrons. The molecular formula is C37H48N2O6. The van der Waals surface area contributed by atoms with Crippen molar-refractivity contribution in [2.75, 3.05) is 6.61 Å². The van der Waals surface area contributed by atoms with Gasteiger partial charge in [-0.25, -0.2) is 24.4 Å². The number of carbonyl (C=O) groups excluding carboxylic acids is 3. The minimum Gasteiger partial charge on any atom is -0.463 e. The van der Waals surface area contributed by atoms with Crippen LogP contribution in [0, 0.1) is 0 Å². The second-order valence-corrected chi connectivity index (χ2v) is 11.4. The van der Waals surface area contributed by atoms with Crippen LogP contribution in [0.15, 0.2) is 60.9 Å². The standard InChI is InChI=1S/C37H48N2O6/c1-4-6-8-9-10-11-12-13-14-15-16-29-26-38-34(39-27-29)30-17-19-31(20-18-30)37(42)45-33-23-21-32(22-24-33)36(41)44-28(3)35(40)43-25-7-5-2/h17-24,26-28H,4-16,25H2,1-3H3. The van der Waals surface area contributed by atoms with Crippen molar-refractivity contribution in [1.29, 1.82) is 0 Å². The van der Waals surface area contributed by atoms with E-state index in [0.717, 1.165) is 36.8 Å². The van der Waals surface area contributed by atoms with Crippen molar-refractivity contribution in [2.24, 2.45) is 0 Å². The number of aryl methyl sites for hydroxylation is 1. The summed E-state index contributed by atoms with van der Waals surface area (Å²) in [7, 11) is 0. The molecule has 2 aromatic carbocycles. The predicted octanol–water partition coefficient (Wildman–Crippen LogP) is 8.71. The Hall–Kier alpha value is -4.07. The van der Waals surface area contributed by atoms with Gasteiger partial charge in [0.1, 0.15) is 5.75 Å². The molecule has 0 radical (unpaired) electrons. The molecule has 0 amide bonds. The summed E-state index contributed by atoms with van der Waals surface area (Å²) in [6.45, 7) is 6.00. The van der Waals surface area contributed by atoms with Gasteiger partial charge in [-0.3, -0.25) is 0 Å². The minimum absolute atomic E-state index is 0.224. The summed E-state index contributed by atoms with van der Waals surface area (Å²) < 4.78 is 15.7. The second kappa shape index (κ2) is 20.1. The Morgan fingerprint density at radius 3 is 1.80 bits per heavy atom. The van der Waals surface area contributed by atoms with Gasteiger partial charge in [-0.2, -0.15) is 0 Å². The molecule has 8 heteroatoms. The molecule has 45 heavy (non-hydrogen) atoms. The van der Waals surface area contributed by atoms with E-state index in [0.29, 0.717) is 18.0 Å². The first-order valence-corrected chi connectivity index (χ1v) is 16.5. The molecule has 3 rings (SSSR count). The first-order valence-electron chi connectivity index (χ1n) is 16.5. The number of ether oxygens (including phenoxy) is 3. The smallest absolute Gasteiger partial charge is 0.347 e. The lowest BCUT2D eigenvalue weighted by atomic mass is 10.0. The van der Waals surface area contributed by atoms with Gasteiger partial charge in [-0.05, 0) is 68.1 Å². The molecule has 0 aliphatic carbocycles. The lowest BCUT2D eigenvalue weighted by Crippen LogP contribution is -2.26. The first-order chi connectivity index (χ1) is 21.9. The third-order valence-electron chi connectivity index (χ3n) is 7.56. The maximum Gasteiger partial charge on any atom is 0.347 e. The number of nitrogens with zero attached hydrogens (tertiary/aromatic N) is 2. The zero-order valence-corrected chi connectivity index (χ0v) is 27.1. The molecule has 0 spiro atoms. The summed E-state index contributed by atoms with van der Waals surface area (Å²) in [6, 6.07) is 12.9. The van der Waals surface area contributed by atoms with E-state index in [-0.39, 0.29) is 11.3 Å². The Kier molecular flexibility index (Phi) is 15.8. The molecule has 0 aliphatic heterocycles. The van der Waals surface area contributed by atoms with Crippen molar-refractivity contribution >= 4 is 17.9 Å². The molecule has 0 aliphatic rings. The maximum absolute atomic E-state index is 12.7. The molecule has 3 aromatic rings. The van der Waals surface area contributed by atoms with Gasteiger partial charge in [0, 0.05) is 18.0 Å². The van der Waals surface area contributed by atoms with Crippen molar-refractivity contribution in [2.45, 2.75) is 110 Å². The normalized spacial score (nSPS) is 11.5. The van der Waals surface area contributed by atoms with Crippen molar-refractivity contribution in [3.63, 3.8) is 0 Å². The summed E-state index contributed by atoms with van der Waals surface area (Å²) in [5.41, 5.74) is 2.54. The van der Waals surface area contributed by atoms with Crippen LogP contribution in [0.25, 0.3) is 11.4 Å². The monoisotopic (exact) mass is 616 g/mol. The molecular weight excluding hydrogens is 568 g/mol. The number of esters is 3. The fourth-order valence-electron chi connectivity index (χ4n) is 4.74. The number of aromatic nitrogens is 2. The highest BCUT2D eigenvalue weighted by Gasteiger charge is 2.20. The highest BCUT2D eigenvalue weighted by molar-refractivity contribution is 5.93. The third-order valence-corrected chi connectivity index (χ3v) is 7.56. The largest absolute Gasteiger partial charge is 0.463 e. The summed E-state index contributed by atoms with van der Waals surface area (Å²) in [6.07, 6.45) is 18.5. The molecule has 0 saturated carbocycles. The summed E-state index contributed by atoms with van der Waals surface area (Å²) >= 11 is 0. The van der Waals surface area contributed by atoms with Crippen molar-refractivity contribution < 1.29 is 28.6 Å². The van der Waals surface area contributed by atoms with Crippen molar-refractivity contribution in [3.8, 4) is 17.1 Å². The average molecular weight is 617 g/mol. The van der Waals surface area contributed by atoms with Crippen LogP contribution in [0.1, 0.15) is 124 Å². The van der Waals surface area contributed by atoms with Crippen molar-refractivity contribution in [3.05, 3.63) is 77.6 Å². The SMILES string of the molecule is CCCCCCCCCCCCc1cnc(-c2ccc(C(=O)Oc3ccc(C(=O)OC(C)C(=O)OCCCC)cc3)cc2)nc1. The van der Waals surface area contributed by atoms with Crippen LogP contribution in [-0.4, -0.2) is 40.6 Å². The molecule has 1 atom stereocenters. The Bertz CT molecular complexity index is 1310. The number of benzene rings is 2. The van der Waals surface area contributed by atoms with Gasteiger partial charge in [-0.1, -0.05) is 90.2 Å². The number of rotatable bonds is 20. The summed E-state index contributed by atoms with van der Waals surface area (Å²) in [5, 5.41) is 0. The molecule has 1 aromatic heterocycles. The van der Waals surface area contributed by atoms with Gasteiger partial charge >= 0.3 is 17.9 Å². The highest BCUT2D eigenvalue weighted by Crippen LogP contribution is 2.19. The van der Waals surface area contributed by atoms with Gasteiger partial charge in [0.2, 0.25) is 0 Å². The Morgan fingerprint density at radius 1 is 0.667 bits per heavy atom. The van der Waals surface area contributed by atoms with E-state index >= 15 is 0 Å². The van der Waals surface area contributed by atoms with Gasteiger partial charge in [0.05, 0.1) is 17.7 Å².